The summed E-state index contributed by atoms with van der Waals surface area (Å²) in [6.07, 6.45) is 3.79. The highest BCUT2D eigenvalue weighted by molar-refractivity contribution is 6.39. The van der Waals surface area contributed by atoms with Crippen molar-refractivity contribution in [3.63, 3.8) is 0 Å². The van der Waals surface area contributed by atoms with Crippen molar-refractivity contribution in [1.82, 2.24) is 48.8 Å². The molecule has 0 bridgehead atoms. The van der Waals surface area contributed by atoms with Gasteiger partial charge in [0.25, 0.3) is 11.1 Å². The fourth-order valence-electron chi connectivity index (χ4n) is 7.44. The molecule has 6 aromatic rings. The lowest BCUT2D eigenvalue weighted by Gasteiger charge is -2.27. The summed E-state index contributed by atoms with van der Waals surface area (Å²) < 4.78 is 6.95. The molecule has 2 N–H and O–H groups in total. The summed E-state index contributed by atoms with van der Waals surface area (Å²) in [6.45, 7) is 14.5. The highest BCUT2D eigenvalue weighted by atomic mass is 35.5. The smallest absolute Gasteiger partial charge is 0.276 e. The molecule has 6 heterocycles. The Balaban J connectivity index is 1.10. The molecule has 0 saturated carbocycles. The third-order valence-corrected chi connectivity index (χ3v) is 11.2. The number of rotatable bonds is 9. The number of aryl methyl sites for hydroxylation is 2. The Bertz CT molecular complexity index is 2230. The third kappa shape index (κ3) is 6.59. The van der Waals surface area contributed by atoms with Crippen LogP contribution in [-0.4, -0.2) is 104 Å². The first-order valence-electron chi connectivity index (χ1n) is 17.9. The zero-order chi connectivity index (χ0) is 35.9. The number of benzene rings is 2. The molecule has 0 spiro atoms. The van der Waals surface area contributed by atoms with Gasteiger partial charge in [-0.1, -0.05) is 59.6 Å². The van der Waals surface area contributed by atoms with E-state index in [4.69, 9.17) is 33.4 Å². The van der Waals surface area contributed by atoms with Crippen LogP contribution in [-0.2, 0) is 13.1 Å². The van der Waals surface area contributed by atoms with E-state index in [1.54, 1.807) is 21.2 Å². The molecule has 2 saturated heterocycles. The number of aromatic nitrogens is 6. The molecular formula is C38H42Cl2N10O2. The van der Waals surface area contributed by atoms with Crippen LogP contribution in [0.1, 0.15) is 11.4 Å². The third-order valence-electron chi connectivity index (χ3n) is 10.4. The molecule has 0 unspecified atom stereocenters. The second kappa shape index (κ2) is 14.6. The SMILES string of the molecule is Cc1cn2nc(-c3cccc(-c4cccc(-c5cc6c(=O)n(CCN7CCNCC7)c(C)cn6n5)c4Cl)c3Cl)cc2c(=O)n1CCN1CCNCC1. The molecule has 2 aliphatic heterocycles. The Kier molecular flexibility index (Phi) is 9.77. The van der Waals surface area contributed by atoms with Gasteiger partial charge < -0.3 is 19.8 Å². The number of nitrogens with zero attached hydrogens (tertiary/aromatic N) is 8. The predicted molar refractivity (Wildman–Crippen MR) is 207 cm³/mol. The van der Waals surface area contributed by atoms with Crippen molar-refractivity contribution in [2.24, 2.45) is 0 Å². The number of nitrogens with one attached hydrogen (secondary N) is 2. The Morgan fingerprint density at radius 2 is 0.981 bits per heavy atom. The highest BCUT2D eigenvalue weighted by Crippen LogP contribution is 2.42. The predicted octanol–water partition coefficient (Wildman–Crippen LogP) is 4.04. The van der Waals surface area contributed by atoms with E-state index in [2.05, 4.69) is 20.4 Å². The Hall–Kier alpha value is -4.30. The maximum absolute atomic E-state index is 13.7. The average molecular weight is 742 g/mol. The standard InChI is InChI=1S/C38H42Cl2N10O2/c1-25-23-49-33(37(51)47(25)19-17-45-13-9-41-10-14-45)21-31(43-49)29-7-3-5-27(35(29)39)28-6-4-8-30(36(28)40)32-22-34-38(52)48(26(2)24-50(34)44-32)20-18-46-15-11-42-12-16-46/h3-8,21-24,41-42H,9-20H2,1-2H3. The van der Waals surface area contributed by atoms with E-state index in [1.807, 2.05) is 71.8 Å². The topological polar surface area (TPSA) is 109 Å². The van der Waals surface area contributed by atoms with E-state index >= 15 is 0 Å². The maximum atomic E-state index is 13.7. The van der Waals surface area contributed by atoms with Crippen LogP contribution in [0.3, 0.4) is 0 Å². The first kappa shape index (κ1) is 34.8. The van der Waals surface area contributed by atoms with E-state index in [9.17, 15) is 9.59 Å². The highest BCUT2D eigenvalue weighted by Gasteiger charge is 2.21. The van der Waals surface area contributed by atoms with Crippen LogP contribution in [0, 0.1) is 13.8 Å². The normalized spacial score (nSPS) is 16.0. The van der Waals surface area contributed by atoms with Gasteiger partial charge in [0, 0.05) is 125 Å². The summed E-state index contributed by atoms with van der Waals surface area (Å²) in [6, 6.07) is 15.1. The molecule has 4 aromatic heterocycles. The number of piperazine rings is 2. The lowest BCUT2D eigenvalue weighted by atomic mass is 9.98. The molecule has 12 nitrogen and oxygen atoms in total. The molecule has 0 radical (unpaired) electrons. The van der Waals surface area contributed by atoms with Crippen LogP contribution in [0.25, 0.3) is 44.7 Å². The largest absolute Gasteiger partial charge is 0.314 e. The van der Waals surface area contributed by atoms with Crippen molar-refractivity contribution < 1.29 is 0 Å². The molecule has 14 heteroatoms. The number of fused-ring (bicyclic) bond motifs is 2. The van der Waals surface area contributed by atoms with Gasteiger partial charge in [-0.2, -0.15) is 10.2 Å². The summed E-state index contributed by atoms with van der Waals surface area (Å²) in [5.74, 6) is 0. The van der Waals surface area contributed by atoms with Gasteiger partial charge in [-0.15, -0.1) is 0 Å². The Morgan fingerprint density at radius 3 is 1.38 bits per heavy atom. The average Bonchev–Trinajstić information content (AvgIpc) is 3.77. The van der Waals surface area contributed by atoms with Crippen LogP contribution in [0.2, 0.25) is 10.0 Å². The fraction of sp³-hybridized carbons (Fsp3) is 0.368. The van der Waals surface area contributed by atoms with Gasteiger partial charge in [0.1, 0.15) is 11.0 Å². The minimum Gasteiger partial charge on any atom is -0.314 e. The van der Waals surface area contributed by atoms with Gasteiger partial charge in [-0.25, -0.2) is 9.03 Å². The van der Waals surface area contributed by atoms with Crippen molar-refractivity contribution in [2.75, 3.05) is 65.4 Å². The van der Waals surface area contributed by atoms with E-state index in [-0.39, 0.29) is 11.1 Å². The maximum Gasteiger partial charge on any atom is 0.276 e. The van der Waals surface area contributed by atoms with Crippen molar-refractivity contribution in [3.8, 4) is 33.6 Å². The lowest BCUT2D eigenvalue weighted by molar-refractivity contribution is 0.231. The molecule has 2 aromatic carbocycles. The summed E-state index contributed by atoms with van der Waals surface area (Å²) in [4.78, 5) is 32.1. The molecule has 2 fully saturated rings. The van der Waals surface area contributed by atoms with Gasteiger partial charge in [-0.05, 0) is 26.0 Å². The van der Waals surface area contributed by atoms with Crippen LogP contribution >= 0.6 is 23.2 Å². The molecule has 8 rings (SSSR count). The van der Waals surface area contributed by atoms with Crippen molar-refractivity contribution in [2.45, 2.75) is 26.9 Å². The van der Waals surface area contributed by atoms with E-state index < -0.39 is 0 Å². The van der Waals surface area contributed by atoms with Gasteiger partial charge in [0.05, 0.1) is 21.4 Å². The Morgan fingerprint density at radius 1 is 0.596 bits per heavy atom. The monoisotopic (exact) mass is 740 g/mol. The quantitative estimate of drug-likeness (QED) is 0.229. The van der Waals surface area contributed by atoms with Gasteiger partial charge in [0.15, 0.2) is 0 Å². The van der Waals surface area contributed by atoms with Gasteiger partial charge >= 0.3 is 0 Å². The van der Waals surface area contributed by atoms with Crippen LogP contribution in [0.5, 0.6) is 0 Å². The second-order valence-corrected chi connectivity index (χ2v) is 14.4. The summed E-state index contributed by atoms with van der Waals surface area (Å²) in [7, 11) is 0. The second-order valence-electron chi connectivity index (χ2n) is 13.7. The van der Waals surface area contributed by atoms with E-state index in [1.165, 1.54) is 0 Å². The Labute approximate surface area is 311 Å². The lowest BCUT2D eigenvalue weighted by Crippen LogP contribution is -2.45. The van der Waals surface area contributed by atoms with Crippen molar-refractivity contribution >= 4 is 34.2 Å². The molecule has 0 amide bonds. The molecular weight excluding hydrogens is 699 g/mol. The molecule has 2 aliphatic rings. The number of hydrogen-bond acceptors (Lipinski definition) is 8. The van der Waals surface area contributed by atoms with Crippen LogP contribution in [0.4, 0.5) is 0 Å². The minimum atomic E-state index is -0.0779. The summed E-state index contributed by atoms with van der Waals surface area (Å²) in [5, 5.41) is 17.3. The van der Waals surface area contributed by atoms with Crippen molar-refractivity contribution in [1.29, 1.82) is 0 Å². The van der Waals surface area contributed by atoms with Gasteiger partial charge in [0.2, 0.25) is 0 Å². The van der Waals surface area contributed by atoms with Crippen LogP contribution < -0.4 is 21.8 Å². The van der Waals surface area contributed by atoms with E-state index in [0.717, 1.165) is 88.0 Å². The number of hydrogen-bond donors (Lipinski definition) is 2. The number of halogens is 2. The minimum absolute atomic E-state index is 0.0779. The van der Waals surface area contributed by atoms with Crippen LogP contribution in [0.15, 0.2) is 70.5 Å². The molecule has 52 heavy (non-hydrogen) atoms. The molecule has 0 aliphatic carbocycles. The molecule has 270 valence electrons. The zero-order valence-corrected chi connectivity index (χ0v) is 30.9. The molecule has 0 atom stereocenters. The zero-order valence-electron chi connectivity index (χ0n) is 29.4. The first-order chi connectivity index (χ1) is 25.3. The van der Waals surface area contributed by atoms with Crippen molar-refractivity contribution in [3.05, 3.63) is 103 Å². The fourth-order valence-corrected chi connectivity index (χ4v) is 8.09. The first-order valence-corrected chi connectivity index (χ1v) is 18.7. The summed E-state index contributed by atoms with van der Waals surface area (Å²) >= 11 is 14.3. The summed E-state index contributed by atoms with van der Waals surface area (Å²) in [5.41, 5.74) is 6.56. The van der Waals surface area contributed by atoms with E-state index in [0.29, 0.717) is 56.7 Å². The van der Waals surface area contributed by atoms with Gasteiger partial charge in [-0.3, -0.25) is 19.4 Å².